The van der Waals surface area contributed by atoms with Crippen LogP contribution in [0.4, 0.5) is 14.6 Å². The molecule has 25 heavy (non-hydrogen) atoms. The smallest absolute Gasteiger partial charge is 0.216 e. The molecule has 0 bridgehead atoms. The lowest BCUT2D eigenvalue weighted by Gasteiger charge is -2.16. The molecule has 0 spiro atoms. The first-order valence-electron chi connectivity index (χ1n) is 7.91. The van der Waals surface area contributed by atoms with Crippen LogP contribution in [0.5, 0.6) is 0 Å². The average molecular weight is 368 g/mol. The Labute approximate surface area is 145 Å². The van der Waals surface area contributed by atoms with E-state index in [0.29, 0.717) is 5.82 Å². The maximum Gasteiger partial charge on any atom is 0.216 e. The van der Waals surface area contributed by atoms with Gasteiger partial charge in [0.2, 0.25) is 10.0 Å². The summed E-state index contributed by atoms with van der Waals surface area (Å²) in [5, 5.41) is 0. The van der Waals surface area contributed by atoms with Crippen LogP contribution in [0.2, 0.25) is 0 Å². The molecule has 1 aromatic heterocycles. The minimum atomic E-state index is -3.85. The van der Waals surface area contributed by atoms with Gasteiger partial charge < -0.3 is 4.90 Å². The van der Waals surface area contributed by atoms with Crippen LogP contribution in [0.15, 0.2) is 30.5 Å². The summed E-state index contributed by atoms with van der Waals surface area (Å²) >= 11 is 0. The van der Waals surface area contributed by atoms with E-state index in [0.717, 1.165) is 49.9 Å². The van der Waals surface area contributed by atoms with Crippen LogP contribution in [0.25, 0.3) is 0 Å². The minimum absolute atomic E-state index is 0.110. The summed E-state index contributed by atoms with van der Waals surface area (Å²) < 4.78 is 53.3. The first-order chi connectivity index (χ1) is 11.9. The topological polar surface area (TPSA) is 75.2 Å². The van der Waals surface area contributed by atoms with Gasteiger partial charge in [0.25, 0.3) is 0 Å². The van der Waals surface area contributed by atoms with Crippen LogP contribution in [0.1, 0.15) is 24.2 Å². The molecule has 1 saturated heterocycles. The third-order valence-electron chi connectivity index (χ3n) is 3.92. The number of rotatable bonds is 6. The normalized spacial score (nSPS) is 14.9. The molecule has 0 saturated carbocycles. The average Bonchev–Trinajstić information content (AvgIpc) is 3.11. The van der Waals surface area contributed by atoms with Gasteiger partial charge in [0, 0.05) is 24.8 Å². The lowest BCUT2D eigenvalue weighted by molar-refractivity contribution is 0.568. The van der Waals surface area contributed by atoms with Crippen LogP contribution < -0.4 is 9.62 Å². The van der Waals surface area contributed by atoms with Crippen LogP contribution in [0, 0.1) is 11.6 Å². The highest BCUT2D eigenvalue weighted by Gasteiger charge is 2.17. The van der Waals surface area contributed by atoms with E-state index in [2.05, 4.69) is 19.6 Å². The Balaban J connectivity index is 1.66. The van der Waals surface area contributed by atoms with Gasteiger partial charge >= 0.3 is 0 Å². The molecule has 134 valence electrons. The van der Waals surface area contributed by atoms with Gasteiger partial charge in [0.1, 0.15) is 23.3 Å². The van der Waals surface area contributed by atoms with E-state index >= 15 is 0 Å². The van der Waals surface area contributed by atoms with Gasteiger partial charge in [-0.1, -0.05) is 0 Å². The first kappa shape index (κ1) is 17.7. The van der Waals surface area contributed by atoms with Crippen LogP contribution >= 0.6 is 0 Å². The van der Waals surface area contributed by atoms with Crippen molar-refractivity contribution in [3.05, 3.63) is 53.5 Å². The fraction of sp³-hybridized carbons (Fsp3) is 0.375. The highest BCUT2D eigenvalue weighted by Crippen LogP contribution is 2.17. The third-order valence-corrected chi connectivity index (χ3v) is 5.20. The van der Waals surface area contributed by atoms with Crippen molar-refractivity contribution in [1.29, 1.82) is 0 Å². The van der Waals surface area contributed by atoms with E-state index in [1.54, 1.807) is 12.3 Å². The zero-order valence-corrected chi connectivity index (χ0v) is 14.3. The van der Waals surface area contributed by atoms with Gasteiger partial charge in [-0.2, -0.15) is 0 Å². The zero-order chi connectivity index (χ0) is 17.9. The number of nitrogens with one attached hydrogen (secondary N) is 1. The van der Waals surface area contributed by atoms with Crippen molar-refractivity contribution in [2.75, 3.05) is 18.0 Å². The predicted octanol–water partition coefficient (Wildman–Crippen LogP) is 1.97. The van der Waals surface area contributed by atoms with Crippen LogP contribution in [-0.4, -0.2) is 31.5 Å². The molecule has 1 aliphatic rings. The van der Waals surface area contributed by atoms with Gasteiger partial charge in [-0.25, -0.2) is 31.9 Å². The minimum Gasteiger partial charge on any atom is -0.357 e. The van der Waals surface area contributed by atoms with E-state index in [9.17, 15) is 17.2 Å². The molecule has 6 nitrogen and oxygen atoms in total. The predicted molar refractivity (Wildman–Crippen MR) is 89.3 cm³/mol. The number of anilines is 1. The lowest BCUT2D eigenvalue weighted by atomic mass is 10.2. The Morgan fingerprint density at radius 2 is 1.92 bits per heavy atom. The molecule has 1 fully saturated rings. The van der Waals surface area contributed by atoms with Gasteiger partial charge in [0.05, 0.1) is 12.3 Å². The number of halogens is 2. The molecule has 3 rings (SSSR count). The monoisotopic (exact) mass is 368 g/mol. The Kier molecular flexibility index (Phi) is 5.24. The quantitative estimate of drug-likeness (QED) is 0.844. The Morgan fingerprint density at radius 3 is 2.68 bits per heavy atom. The molecule has 0 aliphatic carbocycles. The Bertz CT molecular complexity index is 855. The second kappa shape index (κ2) is 7.40. The molecule has 2 aromatic rings. The summed E-state index contributed by atoms with van der Waals surface area (Å²) in [4.78, 5) is 10.5. The van der Waals surface area contributed by atoms with E-state index in [1.807, 2.05) is 0 Å². The standard InChI is InChI=1S/C16H18F2N4O2S/c17-13-3-4-14(18)12(9-13)11-25(23,24)20-10-15-19-6-5-16(21-15)22-7-1-2-8-22/h3-6,9,20H,1-2,7-8,10-11H2. The summed E-state index contributed by atoms with van der Waals surface area (Å²) in [6.07, 6.45) is 3.78. The maximum atomic E-state index is 13.6. The molecule has 1 N–H and O–H groups in total. The van der Waals surface area contributed by atoms with Gasteiger partial charge in [-0.05, 0) is 37.1 Å². The fourth-order valence-electron chi connectivity index (χ4n) is 2.68. The summed E-state index contributed by atoms with van der Waals surface area (Å²) in [6.45, 7) is 1.73. The van der Waals surface area contributed by atoms with Crippen molar-refractivity contribution in [3.63, 3.8) is 0 Å². The molecule has 0 radical (unpaired) electrons. The van der Waals surface area contributed by atoms with Crippen molar-refractivity contribution in [2.24, 2.45) is 0 Å². The summed E-state index contributed by atoms with van der Waals surface area (Å²) in [5.41, 5.74) is -0.223. The lowest BCUT2D eigenvalue weighted by Crippen LogP contribution is -2.27. The zero-order valence-electron chi connectivity index (χ0n) is 13.5. The summed E-state index contributed by atoms with van der Waals surface area (Å²) in [7, 11) is -3.85. The Morgan fingerprint density at radius 1 is 1.16 bits per heavy atom. The maximum absolute atomic E-state index is 13.6. The molecule has 0 amide bonds. The number of sulfonamides is 1. The van der Waals surface area contributed by atoms with Gasteiger partial charge in [-0.15, -0.1) is 0 Å². The van der Waals surface area contributed by atoms with Crippen LogP contribution in [0.3, 0.4) is 0 Å². The van der Waals surface area contributed by atoms with Crippen molar-refractivity contribution in [2.45, 2.75) is 25.1 Å². The molecule has 1 aromatic carbocycles. The van der Waals surface area contributed by atoms with Crippen molar-refractivity contribution >= 4 is 15.8 Å². The van der Waals surface area contributed by atoms with Gasteiger partial charge in [-0.3, -0.25) is 0 Å². The SMILES string of the molecule is O=S(=O)(Cc1cc(F)ccc1F)NCc1nccc(N2CCCC2)n1. The number of benzene rings is 1. The van der Waals surface area contributed by atoms with Gasteiger partial charge in [0.15, 0.2) is 0 Å². The Hall–Kier alpha value is -2.13. The molecule has 1 aliphatic heterocycles. The van der Waals surface area contributed by atoms with Crippen molar-refractivity contribution in [1.82, 2.24) is 14.7 Å². The van der Waals surface area contributed by atoms with E-state index in [-0.39, 0.29) is 12.1 Å². The summed E-state index contributed by atoms with van der Waals surface area (Å²) in [5.74, 6) is -1.01. The molecule has 0 unspecified atom stereocenters. The van der Waals surface area contributed by atoms with Crippen molar-refractivity contribution in [3.8, 4) is 0 Å². The number of aromatic nitrogens is 2. The summed E-state index contributed by atoms with van der Waals surface area (Å²) in [6, 6.07) is 4.50. The fourth-order valence-corrected chi connectivity index (χ4v) is 3.76. The number of hydrogen-bond donors (Lipinski definition) is 1. The molecular weight excluding hydrogens is 350 g/mol. The molecule has 0 atom stereocenters. The highest BCUT2D eigenvalue weighted by atomic mass is 32.2. The highest BCUT2D eigenvalue weighted by molar-refractivity contribution is 7.88. The third kappa shape index (κ3) is 4.70. The van der Waals surface area contributed by atoms with E-state index in [1.165, 1.54) is 0 Å². The number of nitrogens with zero attached hydrogens (tertiary/aromatic N) is 3. The molecule has 2 heterocycles. The molecule has 9 heteroatoms. The molecular formula is C16H18F2N4O2S. The number of hydrogen-bond acceptors (Lipinski definition) is 5. The van der Waals surface area contributed by atoms with E-state index < -0.39 is 27.4 Å². The van der Waals surface area contributed by atoms with E-state index in [4.69, 9.17) is 0 Å². The second-order valence-corrected chi connectivity index (χ2v) is 7.65. The largest absolute Gasteiger partial charge is 0.357 e. The second-order valence-electron chi connectivity index (χ2n) is 5.84. The first-order valence-corrected chi connectivity index (χ1v) is 9.56. The van der Waals surface area contributed by atoms with Crippen LogP contribution in [-0.2, 0) is 22.3 Å². The van der Waals surface area contributed by atoms with Crippen molar-refractivity contribution < 1.29 is 17.2 Å².